The van der Waals surface area contributed by atoms with Crippen LogP contribution in [0.15, 0.2) is 54.9 Å². The molecule has 1 fully saturated rings. The molecular weight excluding hydrogens is 320 g/mol. The molecule has 2 N–H and O–H groups in total. The molecule has 4 heteroatoms. The Labute approximate surface area is 153 Å². The Bertz CT molecular complexity index is 947. The molecule has 4 nitrogen and oxygen atoms in total. The third-order valence-corrected chi connectivity index (χ3v) is 5.66. The van der Waals surface area contributed by atoms with Crippen LogP contribution in [-0.2, 0) is 13.0 Å². The van der Waals surface area contributed by atoms with E-state index in [1.165, 1.54) is 53.3 Å². The molecule has 3 heterocycles. The lowest BCUT2D eigenvalue weighted by Crippen LogP contribution is -2.35. The number of hydrogen-bond donors (Lipinski definition) is 2. The fourth-order valence-corrected chi connectivity index (χ4v) is 4.37. The number of fused-ring (bicyclic) bond motifs is 2. The van der Waals surface area contributed by atoms with E-state index in [1.54, 1.807) is 0 Å². The highest BCUT2D eigenvalue weighted by atomic mass is 15.1. The first-order valence-electron chi connectivity index (χ1n) is 9.54. The number of H-pyrrole nitrogens is 2. The quantitative estimate of drug-likeness (QED) is 0.573. The number of piperidine rings is 1. The third-order valence-electron chi connectivity index (χ3n) is 5.66. The summed E-state index contributed by atoms with van der Waals surface area (Å²) in [5.41, 5.74) is 5.19. The molecular formula is C22H24N4. The highest BCUT2D eigenvalue weighted by Crippen LogP contribution is 2.24. The monoisotopic (exact) mass is 344 g/mol. The summed E-state index contributed by atoms with van der Waals surface area (Å²) >= 11 is 0. The molecule has 0 amide bonds. The first-order chi connectivity index (χ1) is 12.8. The number of nitrogens with one attached hydrogen (secondary N) is 2. The molecule has 0 unspecified atom stereocenters. The summed E-state index contributed by atoms with van der Waals surface area (Å²) in [6, 6.07) is 15.6. The molecule has 0 bridgehead atoms. The molecule has 0 aliphatic carbocycles. The summed E-state index contributed by atoms with van der Waals surface area (Å²) < 4.78 is 0. The van der Waals surface area contributed by atoms with E-state index >= 15 is 0 Å². The summed E-state index contributed by atoms with van der Waals surface area (Å²) in [6.07, 6.45) is 7.72. The largest absolute Gasteiger partial charge is 0.361 e. The van der Waals surface area contributed by atoms with Crippen molar-refractivity contribution >= 4 is 21.8 Å². The van der Waals surface area contributed by atoms with Gasteiger partial charge in [0, 0.05) is 30.2 Å². The number of nitrogens with zero attached hydrogens (tertiary/aromatic N) is 2. The van der Waals surface area contributed by atoms with Gasteiger partial charge in [0.1, 0.15) is 0 Å². The van der Waals surface area contributed by atoms with Gasteiger partial charge < -0.3 is 4.98 Å². The lowest BCUT2D eigenvalue weighted by Gasteiger charge is -2.33. The number of hydrogen-bond acceptors (Lipinski definition) is 2. The van der Waals surface area contributed by atoms with Gasteiger partial charge >= 0.3 is 0 Å². The van der Waals surface area contributed by atoms with Crippen molar-refractivity contribution in [2.75, 3.05) is 13.1 Å². The van der Waals surface area contributed by atoms with E-state index in [-0.39, 0.29) is 0 Å². The molecule has 0 saturated carbocycles. The summed E-state index contributed by atoms with van der Waals surface area (Å²) in [4.78, 5) is 5.90. The van der Waals surface area contributed by atoms with Gasteiger partial charge in [-0.05, 0) is 78.6 Å². The van der Waals surface area contributed by atoms with Crippen LogP contribution < -0.4 is 0 Å². The fourth-order valence-electron chi connectivity index (χ4n) is 4.37. The number of likely N-dealkylation sites (tertiary alicyclic amines) is 1. The zero-order valence-electron chi connectivity index (χ0n) is 14.9. The maximum Gasteiger partial charge on any atom is 0.0650 e. The Kier molecular flexibility index (Phi) is 3.98. The van der Waals surface area contributed by atoms with Crippen LogP contribution >= 0.6 is 0 Å². The van der Waals surface area contributed by atoms with E-state index in [0.717, 1.165) is 24.4 Å². The summed E-state index contributed by atoms with van der Waals surface area (Å²) in [5, 5.41) is 9.69. The molecule has 2 aromatic carbocycles. The predicted octanol–water partition coefficient (Wildman–Crippen LogP) is 4.50. The second-order valence-corrected chi connectivity index (χ2v) is 7.64. The summed E-state index contributed by atoms with van der Waals surface area (Å²) in [5.74, 6) is 0.740. The first-order valence-corrected chi connectivity index (χ1v) is 9.54. The van der Waals surface area contributed by atoms with E-state index in [0.29, 0.717) is 0 Å². The minimum atomic E-state index is 0.740. The molecule has 1 atom stereocenters. The molecule has 1 aliphatic heterocycles. The molecule has 132 valence electrons. The van der Waals surface area contributed by atoms with Gasteiger partial charge in [0.2, 0.25) is 0 Å². The van der Waals surface area contributed by atoms with E-state index in [1.807, 2.05) is 12.4 Å². The molecule has 0 spiro atoms. The van der Waals surface area contributed by atoms with Crippen molar-refractivity contribution in [3.8, 4) is 0 Å². The van der Waals surface area contributed by atoms with E-state index in [4.69, 9.17) is 0 Å². The van der Waals surface area contributed by atoms with Gasteiger partial charge in [-0.3, -0.25) is 10.00 Å². The first kappa shape index (κ1) is 15.6. The van der Waals surface area contributed by atoms with Crippen molar-refractivity contribution in [1.82, 2.24) is 20.1 Å². The van der Waals surface area contributed by atoms with Crippen molar-refractivity contribution in [2.45, 2.75) is 25.8 Å². The van der Waals surface area contributed by atoms with Crippen molar-refractivity contribution in [2.24, 2.45) is 5.92 Å². The van der Waals surface area contributed by atoms with Crippen molar-refractivity contribution < 1.29 is 0 Å². The van der Waals surface area contributed by atoms with Crippen LogP contribution in [0.2, 0.25) is 0 Å². The molecule has 5 rings (SSSR count). The summed E-state index contributed by atoms with van der Waals surface area (Å²) in [6.45, 7) is 3.45. The molecule has 0 radical (unpaired) electrons. The van der Waals surface area contributed by atoms with Crippen molar-refractivity contribution in [3.63, 3.8) is 0 Å². The van der Waals surface area contributed by atoms with Crippen LogP contribution in [0.25, 0.3) is 21.8 Å². The number of rotatable bonds is 4. The Hall–Kier alpha value is -2.59. The van der Waals surface area contributed by atoms with E-state index in [2.05, 4.69) is 62.5 Å². The second-order valence-electron chi connectivity index (χ2n) is 7.64. The number of aromatic amines is 2. The number of benzene rings is 2. The fraction of sp³-hybridized carbons (Fsp3) is 0.318. The zero-order chi connectivity index (χ0) is 17.3. The summed E-state index contributed by atoms with van der Waals surface area (Å²) in [7, 11) is 0. The third kappa shape index (κ3) is 3.13. The van der Waals surface area contributed by atoms with Crippen LogP contribution in [0.1, 0.15) is 24.0 Å². The maximum absolute atomic E-state index is 4.13. The average molecular weight is 344 g/mol. The average Bonchev–Trinajstić information content (AvgIpc) is 3.30. The van der Waals surface area contributed by atoms with Crippen LogP contribution in [0.5, 0.6) is 0 Å². The van der Waals surface area contributed by atoms with Gasteiger partial charge in [0.15, 0.2) is 0 Å². The number of aromatic nitrogens is 3. The predicted molar refractivity (Wildman–Crippen MR) is 106 cm³/mol. The smallest absolute Gasteiger partial charge is 0.0650 e. The lowest BCUT2D eigenvalue weighted by atomic mass is 9.90. The van der Waals surface area contributed by atoms with Crippen molar-refractivity contribution in [3.05, 3.63) is 66.0 Å². The van der Waals surface area contributed by atoms with Gasteiger partial charge in [-0.15, -0.1) is 0 Å². The molecule has 26 heavy (non-hydrogen) atoms. The van der Waals surface area contributed by atoms with Crippen LogP contribution in [-0.4, -0.2) is 33.2 Å². The Morgan fingerprint density at radius 1 is 1.00 bits per heavy atom. The Balaban J connectivity index is 1.26. The minimum absolute atomic E-state index is 0.740. The molecule has 1 saturated heterocycles. The van der Waals surface area contributed by atoms with Gasteiger partial charge in [0.05, 0.1) is 11.7 Å². The second kappa shape index (κ2) is 6.61. The molecule has 1 aliphatic rings. The van der Waals surface area contributed by atoms with Gasteiger partial charge in [-0.2, -0.15) is 5.10 Å². The van der Waals surface area contributed by atoms with E-state index < -0.39 is 0 Å². The Morgan fingerprint density at radius 2 is 1.88 bits per heavy atom. The standard InChI is InChI=1S/C22H24N4/c1-2-17(10-16-3-6-22-20(11-16)13-24-25-22)14-26(9-1)15-18-4-5-21-19(12-18)7-8-23-21/h3-8,11-13,17,23H,1-2,9-10,14-15H2,(H,24,25)/t17-/m0/s1. The SMILES string of the molecule is c1cc2cc(CN3CCC[C@@H](Cc4ccc5[nH]ncc5c4)C3)ccc2[nH]1. The van der Waals surface area contributed by atoms with Gasteiger partial charge in [0.25, 0.3) is 0 Å². The lowest BCUT2D eigenvalue weighted by molar-refractivity contribution is 0.167. The van der Waals surface area contributed by atoms with Crippen molar-refractivity contribution in [1.29, 1.82) is 0 Å². The van der Waals surface area contributed by atoms with E-state index in [9.17, 15) is 0 Å². The van der Waals surface area contributed by atoms with Gasteiger partial charge in [-0.25, -0.2) is 0 Å². The highest BCUT2D eigenvalue weighted by molar-refractivity contribution is 5.80. The Morgan fingerprint density at radius 3 is 2.88 bits per heavy atom. The topological polar surface area (TPSA) is 47.7 Å². The van der Waals surface area contributed by atoms with Gasteiger partial charge in [-0.1, -0.05) is 12.1 Å². The minimum Gasteiger partial charge on any atom is -0.361 e. The molecule has 2 aromatic heterocycles. The van der Waals surface area contributed by atoms with Crippen LogP contribution in [0.3, 0.4) is 0 Å². The maximum atomic E-state index is 4.13. The molecule has 4 aromatic rings. The highest BCUT2D eigenvalue weighted by Gasteiger charge is 2.20. The normalized spacial score (nSPS) is 18.7. The zero-order valence-corrected chi connectivity index (χ0v) is 14.9. The van der Waals surface area contributed by atoms with Crippen LogP contribution in [0, 0.1) is 5.92 Å². The van der Waals surface area contributed by atoms with Crippen LogP contribution in [0.4, 0.5) is 0 Å².